The predicted molar refractivity (Wildman–Crippen MR) is 120 cm³/mol. The minimum atomic E-state index is -3.95. The highest BCUT2D eigenvalue weighted by Crippen LogP contribution is 2.28. The second kappa shape index (κ2) is 9.59. The van der Waals surface area contributed by atoms with E-state index in [9.17, 15) is 22.0 Å². The van der Waals surface area contributed by atoms with Crippen molar-refractivity contribution in [2.75, 3.05) is 38.0 Å². The molecule has 0 bridgehead atoms. The number of nitrogens with one attached hydrogen (secondary N) is 1. The van der Waals surface area contributed by atoms with Crippen LogP contribution >= 0.6 is 11.3 Å². The number of nitrogens with zero attached hydrogens (tertiary/aromatic N) is 4. The molecule has 0 spiro atoms. The van der Waals surface area contributed by atoms with Gasteiger partial charge in [-0.2, -0.15) is 4.31 Å². The van der Waals surface area contributed by atoms with Crippen molar-refractivity contribution in [3.8, 4) is 10.6 Å². The van der Waals surface area contributed by atoms with Crippen LogP contribution in [0.25, 0.3) is 10.6 Å². The Balaban J connectivity index is 1.31. The summed E-state index contributed by atoms with van der Waals surface area (Å²) in [6, 6.07) is 10.3. The molecule has 33 heavy (non-hydrogen) atoms. The third-order valence-corrected chi connectivity index (χ3v) is 8.04. The molecule has 0 aliphatic carbocycles. The lowest BCUT2D eigenvalue weighted by atomic mass is 10.1. The van der Waals surface area contributed by atoms with Crippen LogP contribution in [-0.4, -0.2) is 66.5 Å². The van der Waals surface area contributed by atoms with Gasteiger partial charge < -0.3 is 0 Å². The van der Waals surface area contributed by atoms with Crippen molar-refractivity contribution in [2.24, 2.45) is 0 Å². The number of rotatable bonds is 6. The summed E-state index contributed by atoms with van der Waals surface area (Å²) in [5.41, 5.74) is 2.01. The Bertz CT molecular complexity index is 1270. The van der Waals surface area contributed by atoms with E-state index in [2.05, 4.69) is 15.5 Å². The van der Waals surface area contributed by atoms with Crippen molar-refractivity contribution in [2.45, 2.75) is 11.8 Å². The standard InChI is InChI=1S/C21H21F2N5O3S2/c1-14-4-2-3-5-16(14)20-25-26-21(32-20)24-19(29)13-27-8-10-28(11-9-27)33(30,31)15-6-7-17(22)18(23)12-15/h2-7,12H,8-11,13H2,1H3,(H,24,26,29). The smallest absolute Gasteiger partial charge is 0.243 e. The van der Waals surface area contributed by atoms with Crippen molar-refractivity contribution in [1.82, 2.24) is 19.4 Å². The number of carbonyl (C=O) groups is 1. The summed E-state index contributed by atoms with van der Waals surface area (Å²) in [5.74, 6) is -2.60. The quantitative estimate of drug-likeness (QED) is 0.568. The number of piperazine rings is 1. The fraction of sp³-hybridized carbons (Fsp3) is 0.286. The molecule has 174 valence electrons. The second-order valence-corrected chi connectivity index (χ2v) is 10.4. The average molecular weight is 494 g/mol. The number of hydrogen-bond acceptors (Lipinski definition) is 7. The molecular formula is C21H21F2N5O3S2. The van der Waals surface area contributed by atoms with Gasteiger partial charge in [-0.3, -0.25) is 15.0 Å². The highest BCUT2D eigenvalue weighted by Gasteiger charge is 2.29. The van der Waals surface area contributed by atoms with E-state index in [1.165, 1.54) is 15.6 Å². The summed E-state index contributed by atoms with van der Waals surface area (Å²) in [4.78, 5) is 14.0. The number of sulfonamides is 1. The maximum Gasteiger partial charge on any atom is 0.243 e. The number of benzene rings is 2. The molecular weight excluding hydrogens is 472 g/mol. The summed E-state index contributed by atoms with van der Waals surface area (Å²) in [5, 5.41) is 12.0. The SMILES string of the molecule is Cc1ccccc1-c1nnc(NC(=O)CN2CCN(S(=O)(=O)c3ccc(F)c(F)c3)CC2)s1. The molecule has 2 aromatic carbocycles. The van der Waals surface area contributed by atoms with Gasteiger partial charge in [0.25, 0.3) is 0 Å². The molecule has 1 aliphatic rings. The first kappa shape index (κ1) is 23.4. The Labute approximate surface area is 193 Å². The highest BCUT2D eigenvalue weighted by molar-refractivity contribution is 7.89. The number of hydrogen-bond donors (Lipinski definition) is 1. The van der Waals surface area contributed by atoms with Gasteiger partial charge in [-0.25, -0.2) is 17.2 Å². The van der Waals surface area contributed by atoms with Gasteiger partial charge in [-0.15, -0.1) is 10.2 Å². The van der Waals surface area contributed by atoms with Crippen molar-refractivity contribution in [3.05, 3.63) is 59.7 Å². The van der Waals surface area contributed by atoms with Crippen LogP contribution in [0.2, 0.25) is 0 Å². The van der Waals surface area contributed by atoms with E-state index < -0.39 is 21.7 Å². The third kappa shape index (κ3) is 5.24. The van der Waals surface area contributed by atoms with E-state index in [4.69, 9.17) is 0 Å². The first-order valence-corrected chi connectivity index (χ1v) is 12.4. The molecule has 0 atom stereocenters. The molecule has 0 radical (unpaired) electrons. The summed E-state index contributed by atoms with van der Waals surface area (Å²) in [6.07, 6.45) is 0. The molecule has 8 nitrogen and oxygen atoms in total. The highest BCUT2D eigenvalue weighted by atomic mass is 32.2. The van der Waals surface area contributed by atoms with Crippen LogP contribution in [0, 0.1) is 18.6 Å². The molecule has 0 unspecified atom stereocenters. The largest absolute Gasteiger partial charge is 0.299 e. The lowest BCUT2D eigenvalue weighted by Crippen LogP contribution is -2.50. The predicted octanol–water partition coefficient (Wildman–Crippen LogP) is 2.74. The van der Waals surface area contributed by atoms with Gasteiger partial charge >= 0.3 is 0 Å². The molecule has 1 aliphatic heterocycles. The lowest BCUT2D eigenvalue weighted by molar-refractivity contribution is -0.117. The third-order valence-electron chi connectivity index (χ3n) is 5.27. The van der Waals surface area contributed by atoms with Crippen LogP contribution in [0.3, 0.4) is 0 Å². The number of amides is 1. The Morgan fingerprint density at radius 3 is 2.48 bits per heavy atom. The van der Waals surface area contributed by atoms with Crippen LogP contribution in [0.4, 0.5) is 13.9 Å². The molecule has 0 saturated carbocycles. The molecule has 3 aromatic rings. The molecule has 1 fully saturated rings. The number of carbonyl (C=O) groups excluding carboxylic acids is 1. The Morgan fingerprint density at radius 1 is 1.06 bits per heavy atom. The fourth-order valence-corrected chi connectivity index (χ4v) is 5.76. The summed E-state index contributed by atoms with van der Waals surface area (Å²) >= 11 is 1.28. The van der Waals surface area contributed by atoms with Gasteiger partial charge in [0.15, 0.2) is 11.6 Å². The van der Waals surface area contributed by atoms with Gasteiger partial charge in [0.05, 0.1) is 11.4 Å². The van der Waals surface area contributed by atoms with Crippen molar-refractivity contribution < 1.29 is 22.0 Å². The minimum Gasteiger partial charge on any atom is -0.299 e. The summed E-state index contributed by atoms with van der Waals surface area (Å²) in [6.45, 7) is 2.94. The van der Waals surface area contributed by atoms with Crippen molar-refractivity contribution in [3.63, 3.8) is 0 Å². The Morgan fingerprint density at radius 2 is 1.79 bits per heavy atom. The number of halogens is 2. The second-order valence-electron chi connectivity index (χ2n) is 7.53. The number of anilines is 1. The van der Waals surface area contributed by atoms with E-state index >= 15 is 0 Å². The number of aromatic nitrogens is 2. The van der Waals surface area contributed by atoms with Crippen LogP contribution in [0.15, 0.2) is 47.4 Å². The Hall–Kier alpha value is -2.80. The zero-order chi connectivity index (χ0) is 23.6. The van der Waals surface area contributed by atoms with Gasteiger partial charge in [-0.05, 0) is 30.7 Å². The first-order chi connectivity index (χ1) is 15.7. The monoisotopic (exact) mass is 493 g/mol. The lowest BCUT2D eigenvalue weighted by Gasteiger charge is -2.33. The normalized spacial score (nSPS) is 15.5. The zero-order valence-corrected chi connectivity index (χ0v) is 19.3. The molecule has 12 heteroatoms. The van der Waals surface area contributed by atoms with Gasteiger partial charge in [-0.1, -0.05) is 35.6 Å². The van der Waals surface area contributed by atoms with Crippen LogP contribution in [-0.2, 0) is 14.8 Å². The van der Waals surface area contributed by atoms with Crippen LogP contribution < -0.4 is 5.32 Å². The minimum absolute atomic E-state index is 0.0678. The van der Waals surface area contributed by atoms with Gasteiger partial charge in [0, 0.05) is 31.7 Å². The summed E-state index contributed by atoms with van der Waals surface area (Å²) < 4.78 is 53.2. The number of aryl methyl sites for hydroxylation is 1. The summed E-state index contributed by atoms with van der Waals surface area (Å²) in [7, 11) is -3.95. The van der Waals surface area contributed by atoms with E-state index in [0.717, 1.165) is 23.3 Å². The maximum atomic E-state index is 13.5. The first-order valence-electron chi connectivity index (χ1n) is 10.1. The Kier molecular flexibility index (Phi) is 6.79. The molecule has 1 saturated heterocycles. The van der Waals surface area contributed by atoms with Crippen LogP contribution in [0.1, 0.15) is 5.56 Å². The van der Waals surface area contributed by atoms with Crippen LogP contribution in [0.5, 0.6) is 0 Å². The zero-order valence-electron chi connectivity index (χ0n) is 17.7. The molecule has 1 N–H and O–H groups in total. The van der Waals surface area contributed by atoms with Gasteiger partial charge in [0.1, 0.15) is 5.01 Å². The van der Waals surface area contributed by atoms with Gasteiger partial charge in [0.2, 0.25) is 21.1 Å². The fourth-order valence-electron chi connectivity index (χ4n) is 3.47. The maximum absolute atomic E-state index is 13.5. The van der Waals surface area contributed by atoms with Crippen molar-refractivity contribution >= 4 is 32.4 Å². The molecule has 1 amide bonds. The topological polar surface area (TPSA) is 95.5 Å². The van der Waals surface area contributed by atoms with E-state index in [1.807, 2.05) is 36.1 Å². The molecule has 4 rings (SSSR count). The van der Waals surface area contributed by atoms with E-state index in [-0.39, 0.29) is 30.4 Å². The van der Waals surface area contributed by atoms with E-state index in [1.54, 1.807) is 0 Å². The molecule has 2 heterocycles. The molecule has 1 aromatic heterocycles. The average Bonchev–Trinajstić information content (AvgIpc) is 3.24. The van der Waals surface area contributed by atoms with E-state index in [0.29, 0.717) is 29.3 Å². The van der Waals surface area contributed by atoms with Crippen molar-refractivity contribution in [1.29, 1.82) is 0 Å².